The highest BCUT2D eigenvalue weighted by atomic mass is 35.5. The van der Waals surface area contributed by atoms with Crippen molar-refractivity contribution < 1.29 is 22.6 Å². The molecule has 1 aliphatic rings. The zero-order valence-electron chi connectivity index (χ0n) is 8.96. The summed E-state index contributed by atoms with van der Waals surface area (Å²) < 4.78 is 46.8. The molecule has 0 aromatic heterocycles. The zero-order valence-corrected chi connectivity index (χ0v) is 10.5. The Morgan fingerprint density at radius 2 is 1.83 bits per heavy atom. The SMILES string of the molecule is Cl.N[C@@H](CC(F)(F)F)c1cc2c(cc1Cl)OCO2. The fraction of sp³-hybridized carbons (Fsp3) is 0.400. The van der Waals surface area contributed by atoms with Gasteiger partial charge in [-0.1, -0.05) is 11.6 Å². The van der Waals surface area contributed by atoms with Crippen LogP contribution in [0.15, 0.2) is 12.1 Å². The topological polar surface area (TPSA) is 44.5 Å². The van der Waals surface area contributed by atoms with Gasteiger partial charge in [-0.25, -0.2) is 0 Å². The molecule has 1 aliphatic heterocycles. The van der Waals surface area contributed by atoms with Crippen LogP contribution in [-0.2, 0) is 0 Å². The van der Waals surface area contributed by atoms with Crippen LogP contribution in [0.2, 0.25) is 5.02 Å². The van der Waals surface area contributed by atoms with E-state index >= 15 is 0 Å². The summed E-state index contributed by atoms with van der Waals surface area (Å²) in [4.78, 5) is 0. The van der Waals surface area contributed by atoms with Gasteiger partial charge in [0.05, 0.1) is 6.42 Å². The van der Waals surface area contributed by atoms with Crippen LogP contribution in [0.25, 0.3) is 0 Å². The molecule has 0 saturated heterocycles. The first-order valence-corrected chi connectivity index (χ1v) is 5.16. The summed E-state index contributed by atoms with van der Waals surface area (Å²) in [5, 5.41) is 0.144. The van der Waals surface area contributed by atoms with E-state index in [2.05, 4.69) is 0 Å². The fourth-order valence-electron chi connectivity index (χ4n) is 1.58. The van der Waals surface area contributed by atoms with Crippen LogP contribution < -0.4 is 15.2 Å². The molecule has 0 spiro atoms. The van der Waals surface area contributed by atoms with Crippen LogP contribution in [0.5, 0.6) is 11.5 Å². The number of hydrogen-bond acceptors (Lipinski definition) is 3. The van der Waals surface area contributed by atoms with Crippen LogP contribution in [0.4, 0.5) is 13.2 Å². The minimum atomic E-state index is -4.33. The number of halogens is 5. The molecule has 102 valence electrons. The van der Waals surface area contributed by atoms with E-state index in [1.807, 2.05) is 0 Å². The van der Waals surface area contributed by atoms with Crippen LogP contribution in [0.1, 0.15) is 18.0 Å². The molecule has 0 fully saturated rings. The standard InChI is InChI=1S/C10H9ClF3NO2.ClH/c11-6-2-9-8(16-4-17-9)1-5(6)7(15)3-10(12,13)14;/h1-2,7H,3-4,15H2;1H/t7-;/m0./s1. The molecule has 1 aromatic carbocycles. The van der Waals surface area contributed by atoms with E-state index in [0.717, 1.165) is 0 Å². The highest BCUT2D eigenvalue weighted by molar-refractivity contribution is 6.31. The normalized spacial score (nSPS) is 15.2. The Morgan fingerprint density at radius 3 is 2.39 bits per heavy atom. The van der Waals surface area contributed by atoms with Crippen LogP contribution in [0.3, 0.4) is 0 Å². The molecule has 0 radical (unpaired) electrons. The van der Waals surface area contributed by atoms with Crippen LogP contribution in [0, 0.1) is 0 Å². The molecule has 0 unspecified atom stereocenters. The van der Waals surface area contributed by atoms with E-state index in [-0.39, 0.29) is 29.8 Å². The number of rotatable bonds is 2. The Morgan fingerprint density at radius 1 is 1.28 bits per heavy atom. The van der Waals surface area contributed by atoms with Gasteiger partial charge in [0.15, 0.2) is 11.5 Å². The van der Waals surface area contributed by atoms with Crippen molar-refractivity contribution in [2.75, 3.05) is 6.79 Å². The molecule has 2 N–H and O–H groups in total. The maximum atomic E-state index is 12.2. The van der Waals surface area contributed by atoms with Gasteiger partial charge in [0.2, 0.25) is 6.79 Å². The molecule has 8 heteroatoms. The predicted octanol–water partition coefficient (Wildman–Crippen LogP) is 3.44. The van der Waals surface area contributed by atoms with Gasteiger partial charge < -0.3 is 15.2 Å². The van der Waals surface area contributed by atoms with Gasteiger partial charge in [0.1, 0.15) is 0 Å². The smallest absolute Gasteiger partial charge is 0.390 e. The Hall–Kier alpha value is -0.850. The predicted molar refractivity (Wildman–Crippen MR) is 62.4 cm³/mol. The van der Waals surface area contributed by atoms with Gasteiger partial charge in [0, 0.05) is 17.1 Å². The summed E-state index contributed by atoms with van der Waals surface area (Å²) in [5.74, 6) is 0.778. The van der Waals surface area contributed by atoms with Gasteiger partial charge in [-0.05, 0) is 11.6 Å². The summed E-state index contributed by atoms with van der Waals surface area (Å²) in [6, 6.07) is 1.59. The van der Waals surface area contributed by atoms with Crippen molar-refractivity contribution >= 4 is 24.0 Å². The largest absolute Gasteiger partial charge is 0.454 e. The summed E-state index contributed by atoms with van der Waals surface area (Å²) in [6.45, 7) is 0.0314. The Balaban J connectivity index is 0.00000162. The van der Waals surface area contributed by atoms with Crippen molar-refractivity contribution in [1.82, 2.24) is 0 Å². The van der Waals surface area contributed by atoms with Crippen LogP contribution in [-0.4, -0.2) is 13.0 Å². The molecule has 1 atom stereocenters. The number of hydrogen-bond donors (Lipinski definition) is 1. The van der Waals surface area contributed by atoms with Crippen molar-refractivity contribution in [2.45, 2.75) is 18.6 Å². The third-order valence-corrected chi connectivity index (χ3v) is 2.67. The second-order valence-electron chi connectivity index (χ2n) is 3.65. The van der Waals surface area contributed by atoms with E-state index in [1.165, 1.54) is 12.1 Å². The maximum absolute atomic E-state index is 12.2. The molecule has 3 nitrogen and oxygen atoms in total. The summed E-state index contributed by atoms with van der Waals surface area (Å²) >= 11 is 5.85. The molecule has 0 aliphatic carbocycles. The third-order valence-electron chi connectivity index (χ3n) is 2.34. The molecule has 0 amide bonds. The van der Waals surface area contributed by atoms with E-state index < -0.39 is 18.6 Å². The van der Waals surface area contributed by atoms with Crippen molar-refractivity contribution in [3.05, 3.63) is 22.7 Å². The minimum Gasteiger partial charge on any atom is -0.454 e. The fourth-order valence-corrected chi connectivity index (χ4v) is 1.87. The first-order chi connectivity index (χ1) is 7.87. The first kappa shape index (κ1) is 15.2. The molecular formula is C10H10Cl2F3NO2. The number of fused-ring (bicyclic) bond motifs is 1. The summed E-state index contributed by atoms with van der Waals surface area (Å²) in [5.41, 5.74) is 5.68. The lowest BCUT2D eigenvalue weighted by atomic mass is 10.0. The highest BCUT2D eigenvalue weighted by Crippen LogP contribution is 2.40. The highest BCUT2D eigenvalue weighted by Gasteiger charge is 2.32. The lowest BCUT2D eigenvalue weighted by Crippen LogP contribution is -2.20. The van der Waals surface area contributed by atoms with Gasteiger partial charge >= 0.3 is 6.18 Å². The average Bonchev–Trinajstić information content (AvgIpc) is 2.60. The molecule has 0 bridgehead atoms. The lowest BCUT2D eigenvalue weighted by molar-refractivity contribution is -0.138. The number of benzene rings is 1. The van der Waals surface area contributed by atoms with E-state index in [1.54, 1.807) is 0 Å². The third kappa shape index (κ3) is 3.34. The van der Waals surface area contributed by atoms with E-state index in [9.17, 15) is 13.2 Å². The molecule has 18 heavy (non-hydrogen) atoms. The minimum absolute atomic E-state index is 0. The number of alkyl halides is 3. The Kier molecular flexibility index (Phi) is 4.58. The van der Waals surface area contributed by atoms with Crippen molar-refractivity contribution in [2.24, 2.45) is 5.73 Å². The molecule has 1 aromatic rings. The maximum Gasteiger partial charge on any atom is 0.390 e. The van der Waals surface area contributed by atoms with Crippen molar-refractivity contribution in [3.8, 4) is 11.5 Å². The second-order valence-corrected chi connectivity index (χ2v) is 4.06. The van der Waals surface area contributed by atoms with E-state index in [4.69, 9.17) is 26.8 Å². The molecule has 1 heterocycles. The quantitative estimate of drug-likeness (QED) is 0.910. The van der Waals surface area contributed by atoms with Gasteiger partial charge in [0.25, 0.3) is 0 Å². The molecule has 2 rings (SSSR count). The van der Waals surface area contributed by atoms with Crippen LogP contribution >= 0.6 is 24.0 Å². The van der Waals surface area contributed by atoms with E-state index in [0.29, 0.717) is 11.5 Å². The van der Waals surface area contributed by atoms with Gasteiger partial charge in [-0.15, -0.1) is 12.4 Å². The second kappa shape index (κ2) is 5.42. The molecule has 0 saturated carbocycles. The number of ether oxygens (including phenoxy) is 2. The first-order valence-electron chi connectivity index (χ1n) is 4.78. The molecular weight excluding hydrogens is 294 g/mol. The average molecular weight is 304 g/mol. The monoisotopic (exact) mass is 303 g/mol. The Bertz CT molecular complexity index is 440. The van der Waals surface area contributed by atoms with Gasteiger partial charge in [-0.3, -0.25) is 0 Å². The summed E-state index contributed by atoms with van der Waals surface area (Å²) in [7, 11) is 0. The number of nitrogens with two attached hydrogens (primary N) is 1. The lowest BCUT2D eigenvalue weighted by Gasteiger charge is -2.16. The van der Waals surface area contributed by atoms with Gasteiger partial charge in [-0.2, -0.15) is 13.2 Å². The van der Waals surface area contributed by atoms with Crippen molar-refractivity contribution in [3.63, 3.8) is 0 Å². The Labute approximate surface area is 112 Å². The zero-order chi connectivity index (χ0) is 12.6. The summed E-state index contributed by atoms with van der Waals surface area (Å²) in [6.07, 6.45) is -5.47. The van der Waals surface area contributed by atoms with Crippen molar-refractivity contribution in [1.29, 1.82) is 0 Å².